The highest BCUT2D eigenvalue weighted by atomic mass is 19.4. The Hall–Kier alpha value is -2.91. The van der Waals surface area contributed by atoms with E-state index in [1.165, 1.54) is 28.9 Å². The van der Waals surface area contributed by atoms with Crippen LogP contribution in [-0.4, -0.2) is 30.6 Å². The molecule has 0 unspecified atom stereocenters. The van der Waals surface area contributed by atoms with Crippen LogP contribution in [0.1, 0.15) is 16.4 Å². The fourth-order valence-electron chi connectivity index (χ4n) is 1.68. The Morgan fingerprint density at radius 1 is 1.24 bits per heavy atom. The number of carboxylic acid groups (broad SMARTS) is 1. The SMILES string of the molecule is O=C(O)c1cn2cc(-c3noc(C(F)(F)F)n3)ccc2n1. The molecule has 7 nitrogen and oxygen atoms in total. The predicted molar refractivity (Wildman–Crippen MR) is 60.4 cm³/mol. The molecular formula is C11H5F3N4O3. The average molecular weight is 298 g/mol. The highest BCUT2D eigenvalue weighted by Gasteiger charge is 2.38. The maximum absolute atomic E-state index is 12.4. The number of aromatic carboxylic acids is 1. The summed E-state index contributed by atoms with van der Waals surface area (Å²) in [6.45, 7) is 0. The number of hydrogen-bond acceptors (Lipinski definition) is 5. The van der Waals surface area contributed by atoms with Crippen LogP contribution >= 0.6 is 0 Å². The van der Waals surface area contributed by atoms with Crippen LogP contribution < -0.4 is 0 Å². The van der Waals surface area contributed by atoms with E-state index in [2.05, 4.69) is 19.6 Å². The van der Waals surface area contributed by atoms with E-state index in [1.807, 2.05) is 0 Å². The van der Waals surface area contributed by atoms with Crippen LogP contribution in [0, 0.1) is 0 Å². The van der Waals surface area contributed by atoms with Crippen molar-refractivity contribution in [3.63, 3.8) is 0 Å². The van der Waals surface area contributed by atoms with Gasteiger partial charge in [-0.05, 0) is 12.1 Å². The van der Waals surface area contributed by atoms with Gasteiger partial charge in [-0.1, -0.05) is 5.16 Å². The van der Waals surface area contributed by atoms with E-state index in [4.69, 9.17) is 5.11 Å². The lowest BCUT2D eigenvalue weighted by Gasteiger charge is -1.97. The van der Waals surface area contributed by atoms with Crippen LogP contribution in [0.2, 0.25) is 0 Å². The number of aromatic nitrogens is 4. The summed E-state index contributed by atoms with van der Waals surface area (Å²) in [6, 6.07) is 2.85. The van der Waals surface area contributed by atoms with Crippen molar-refractivity contribution in [3.05, 3.63) is 36.1 Å². The van der Waals surface area contributed by atoms with E-state index in [0.29, 0.717) is 5.65 Å². The average Bonchev–Trinajstić information content (AvgIpc) is 3.04. The van der Waals surface area contributed by atoms with Gasteiger partial charge in [0.15, 0.2) is 5.69 Å². The number of pyridine rings is 1. The molecule has 10 heteroatoms. The van der Waals surface area contributed by atoms with E-state index in [1.54, 1.807) is 0 Å². The lowest BCUT2D eigenvalue weighted by Crippen LogP contribution is -2.04. The van der Waals surface area contributed by atoms with Crippen LogP contribution in [0.5, 0.6) is 0 Å². The second kappa shape index (κ2) is 4.30. The van der Waals surface area contributed by atoms with Crippen LogP contribution in [0.3, 0.4) is 0 Å². The molecule has 1 N–H and O–H groups in total. The Morgan fingerprint density at radius 3 is 2.62 bits per heavy atom. The molecule has 0 aromatic carbocycles. The normalized spacial score (nSPS) is 12.0. The van der Waals surface area contributed by atoms with Gasteiger partial charge in [0.2, 0.25) is 5.82 Å². The molecule has 0 saturated heterocycles. The van der Waals surface area contributed by atoms with Crippen LogP contribution in [0.4, 0.5) is 13.2 Å². The monoisotopic (exact) mass is 298 g/mol. The summed E-state index contributed by atoms with van der Waals surface area (Å²) in [5.41, 5.74) is 0.378. The zero-order valence-corrected chi connectivity index (χ0v) is 10.00. The van der Waals surface area contributed by atoms with Crippen molar-refractivity contribution in [2.24, 2.45) is 0 Å². The van der Waals surface area contributed by atoms with Gasteiger partial charge in [-0.25, -0.2) is 9.78 Å². The summed E-state index contributed by atoms with van der Waals surface area (Å²) in [5.74, 6) is -2.91. The smallest absolute Gasteiger partial charge is 0.471 e. The van der Waals surface area contributed by atoms with Gasteiger partial charge in [0, 0.05) is 18.0 Å². The molecule has 0 spiro atoms. The van der Waals surface area contributed by atoms with Gasteiger partial charge in [0.1, 0.15) is 5.65 Å². The number of carboxylic acids is 1. The van der Waals surface area contributed by atoms with E-state index >= 15 is 0 Å². The summed E-state index contributed by atoms with van der Waals surface area (Å²) in [7, 11) is 0. The van der Waals surface area contributed by atoms with Crippen LogP contribution in [0.15, 0.2) is 29.0 Å². The Labute approximate surface area is 113 Å². The highest BCUT2D eigenvalue weighted by Crippen LogP contribution is 2.29. The van der Waals surface area contributed by atoms with Gasteiger partial charge in [-0.3, -0.25) is 0 Å². The number of fused-ring (bicyclic) bond motifs is 1. The second-order valence-electron chi connectivity index (χ2n) is 4.04. The fraction of sp³-hybridized carbons (Fsp3) is 0.0909. The van der Waals surface area contributed by atoms with E-state index < -0.39 is 18.0 Å². The minimum Gasteiger partial charge on any atom is -0.476 e. The predicted octanol–water partition coefficient (Wildman–Crippen LogP) is 2.10. The quantitative estimate of drug-likeness (QED) is 0.778. The minimum atomic E-state index is -4.72. The van der Waals surface area contributed by atoms with Crippen molar-refractivity contribution in [1.82, 2.24) is 19.5 Å². The fourth-order valence-corrected chi connectivity index (χ4v) is 1.68. The lowest BCUT2D eigenvalue weighted by molar-refractivity contribution is -0.159. The lowest BCUT2D eigenvalue weighted by atomic mass is 10.3. The molecule has 108 valence electrons. The maximum Gasteiger partial charge on any atom is 0.471 e. The van der Waals surface area contributed by atoms with Crippen LogP contribution in [0.25, 0.3) is 17.0 Å². The van der Waals surface area contributed by atoms with Crippen LogP contribution in [-0.2, 0) is 6.18 Å². The van der Waals surface area contributed by atoms with Crippen molar-refractivity contribution in [1.29, 1.82) is 0 Å². The topological polar surface area (TPSA) is 93.5 Å². The third kappa shape index (κ3) is 2.30. The molecule has 3 aromatic rings. The standard InChI is InChI=1S/C11H5F3N4O3/c12-11(13,14)10-16-8(17-21-10)5-1-2-7-15-6(9(19)20)4-18(7)3-5/h1-4H,(H,19,20). The molecule has 0 saturated carbocycles. The highest BCUT2D eigenvalue weighted by molar-refractivity contribution is 5.86. The molecule has 0 aliphatic rings. The van der Waals surface area contributed by atoms with Gasteiger partial charge < -0.3 is 14.0 Å². The zero-order chi connectivity index (χ0) is 15.2. The third-order valence-electron chi connectivity index (χ3n) is 2.60. The number of alkyl halides is 3. The maximum atomic E-state index is 12.4. The number of hydrogen-bond donors (Lipinski definition) is 1. The first kappa shape index (κ1) is 13.1. The summed E-state index contributed by atoms with van der Waals surface area (Å²) >= 11 is 0. The summed E-state index contributed by atoms with van der Waals surface area (Å²) < 4.78 is 42.6. The zero-order valence-electron chi connectivity index (χ0n) is 10.00. The number of nitrogens with zero attached hydrogens (tertiary/aromatic N) is 4. The Balaban J connectivity index is 2.04. The first-order valence-electron chi connectivity index (χ1n) is 5.48. The molecule has 3 aromatic heterocycles. The molecule has 21 heavy (non-hydrogen) atoms. The molecule has 3 rings (SSSR count). The van der Waals surface area contributed by atoms with Crippen molar-refractivity contribution in [2.75, 3.05) is 0 Å². The van der Waals surface area contributed by atoms with Crippen molar-refractivity contribution in [2.45, 2.75) is 6.18 Å². The number of carbonyl (C=O) groups is 1. The number of halogens is 3. The number of imidazole rings is 1. The van der Waals surface area contributed by atoms with E-state index in [9.17, 15) is 18.0 Å². The van der Waals surface area contributed by atoms with Gasteiger partial charge in [-0.2, -0.15) is 18.2 Å². The van der Waals surface area contributed by atoms with Gasteiger partial charge in [0.05, 0.1) is 0 Å². The molecular weight excluding hydrogens is 293 g/mol. The molecule has 0 aliphatic carbocycles. The Morgan fingerprint density at radius 2 is 2.00 bits per heavy atom. The van der Waals surface area contributed by atoms with Crippen molar-refractivity contribution in [3.8, 4) is 11.4 Å². The first-order valence-corrected chi connectivity index (χ1v) is 5.48. The molecule has 0 aliphatic heterocycles. The van der Waals surface area contributed by atoms with E-state index in [0.717, 1.165) is 0 Å². The molecule has 0 radical (unpaired) electrons. The molecule has 0 fully saturated rings. The Kier molecular flexibility index (Phi) is 2.68. The van der Waals surface area contributed by atoms with E-state index in [-0.39, 0.29) is 17.1 Å². The molecule has 0 atom stereocenters. The van der Waals surface area contributed by atoms with Gasteiger partial charge >= 0.3 is 18.0 Å². The van der Waals surface area contributed by atoms with Crippen molar-refractivity contribution >= 4 is 11.6 Å². The van der Waals surface area contributed by atoms with Gasteiger partial charge in [-0.15, -0.1) is 0 Å². The summed E-state index contributed by atoms with van der Waals surface area (Å²) in [4.78, 5) is 17.9. The minimum absolute atomic E-state index is 0.184. The third-order valence-corrected chi connectivity index (χ3v) is 2.60. The van der Waals surface area contributed by atoms with Crippen molar-refractivity contribution < 1.29 is 27.6 Å². The summed E-state index contributed by atoms with van der Waals surface area (Å²) in [5, 5.41) is 12.1. The molecule has 0 bridgehead atoms. The Bertz CT molecular complexity index is 837. The second-order valence-corrected chi connectivity index (χ2v) is 4.04. The number of rotatable bonds is 2. The summed E-state index contributed by atoms with van der Waals surface area (Å²) in [6.07, 6.45) is -2.13. The largest absolute Gasteiger partial charge is 0.476 e. The molecule has 3 heterocycles. The van der Waals surface area contributed by atoms with Gasteiger partial charge in [0.25, 0.3) is 0 Å². The first-order chi connectivity index (χ1) is 9.84. The molecule has 0 amide bonds.